The molecule has 0 aromatic heterocycles. The molecule has 0 radical (unpaired) electrons. The van der Waals surface area contributed by atoms with Gasteiger partial charge in [-0.3, -0.25) is 4.79 Å². The van der Waals surface area contributed by atoms with Gasteiger partial charge in [-0.1, -0.05) is 36.4 Å². The summed E-state index contributed by atoms with van der Waals surface area (Å²) >= 11 is 0. The average molecular weight is 391 g/mol. The SMILES string of the molecule is COc1cccc(C(=O)N2CC[NH+](Cc3c(OC)ccc4ccccc34)CC2)c1. The number of piperazine rings is 1. The summed E-state index contributed by atoms with van der Waals surface area (Å²) < 4.78 is 10.9. The molecule has 1 fully saturated rings. The first-order chi connectivity index (χ1) is 14.2. The molecule has 5 heteroatoms. The topological polar surface area (TPSA) is 43.2 Å². The Labute approximate surface area is 171 Å². The highest BCUT2D eigenvalue weighted by atomic mass is 16.5. The predicted molar refractivity (Wildman–Crippen MR) is 114 cm³/mol. The number of rotatable bonds is 5. The van der Waals surface area contributed by atoms with E-state index in [0.717, 1.165) is 38.5 Å². The highest BCUT2D eigenvalue weighted by molar-refractivity contribution is 5.94. The first kappa shape index (κ1) is 19.3. The second-order valence-corrected chi connectivity index (χ2v) is 7.42. The van der Waals surface area contributed by atoms with Crippen LogP contribution in [0, 0.1) is 0 Å². The second kappa shape index (κ2) is 8.53. The van der Waals surface area contributed by atoms with Crippen LogP contribution in [0.25, 0.3) is 10.8 Å². The molecule has 1 saturated heterocycles. The van der Waals surface area contributed by atoms with Gasteiger partial charge in [0, 0.05) is 5.56 Å². The number of hydrogen-bond donors (Lipinski definition) is 1. The summed E-state index contributed by atoms with van der Waals surface area (Å²) in [6.45, 7) is 4.23. The zero-order chi connectivity index (χ0) is 20.2. The lowest BCUT2D eigenvalue weighted by Gasteiger charge is -2.32. The fourth-order valence-electron chi connectivity index (χ4n) is 4.08. The van der Waals surface area contributed by atoms with Crippen LogP contribution in [0.4, 0.5) is 0 Å². The maximum absolute atomic E-state index is 12.8. The van der Waals surface area contributed by atoms with Crippen molar-refractivity contribution in [3.8, 4) is 11.5 Å². The van der Waals surface area contributed by atoms with E-state index in [2.05, 4.69) is 36.4 Å². The predicted octanol–water partition coefficient (Wildman–Crippen LogP) is 2.40. The van der Waals surface area contributed by atoms with Crippen LogP contribution in [-0.2, 0) is 6.54 Å². The van der Waals surface area contributed by atoms with Crippen LogP contribution >= 0.6 is 0 Å². The molecular formula is C24H27N2O3+. The van der Waals surface area contributed by atoms with E-state index in [1.807, 2.05) is 29.2 Å². The van der Waals surface area contributed by atoms with Crippen LogP contribution in [0.5, 0.6) is 11.5 Å². The Hall–Kier alpha value is -3.05. The number of carbonyl (C=O) groups is 1. The lowest BCUT2D eigenvalue weighted by molar-refractivity contribution is -0.917. The third-order valence-electron chi connectivity index (χ3n) is 5.72. The Morgan fingerprint density at radius 1 is 0.966 bits per heavy atom. The van der Waals surface area contributed by atoms with E-state index in [0.29, 0.717) is 11.3 Å². The Morgan fingerprint density at radius 2 is 1.76 bits per heavy atom. The quantitative estimate of drug-likeness (QED) is 0.726. The molecule has 0 spiro atoms. The first-order valence-corrected chi connectivity index (χ1v) is 10.0. The maximum Gasteiger partial charge on any atom is 0.254 e. The molecule has 3 aromatic carbocycles. The number of ether oxygens (including phenoxy) is 2. The van der Waals surface area contributed by atoms with Crippen molar-refractivity contribution in [1.29, 1.82) is 0 Å². The van der Waals surface area contributed by atoms with E-state index < -0.39 is 0 Å². The van der Waals surface area contributed by atoms with Crippen LogP contribution in [0.3, 0.4) is 0 Å². The van der Waals surface area contributed by atoms with Crippen LogP contribution in [0.15, 0.2) is 60.7 Å². The minimum Gasteiger partial charge on any atom is -0.497 e. The summed E-state index contributed by atoms with van der Waals surface area (Å²) in [5.74, 6) is 1.72. The van der Waals surface area contributed by atoms with E-state index in [1.165, 1.54) is 21.2 Å². The van der Waals surface area contributed by atoms with Gasteiger partial charge in [-0.15, -0.1) is 0 Å². The largest absolute Gasteiger partial charge is 0.497 e. The molecule has 0 aliphatic carbocycles. The molecule has 29 heavy (non-hydrogen) atoms. The Kier molecular flexibility index (Phi) is 5.67. The van der Waals surface area contributed by atoms with Crippen molar-refractivity contribution in [2.75, 3.05) is 40.4 Å². The van der Waals surface area contributed by atoms with E-state index in [1.54, 1.807) is 14.2 Å². The number of fused-ring (bicyclic) bond motifs is 1. The minimum absolute atomic E-state index is 0.0747. The fraction of sp³-hybridized carbons (Fsp3) is 0.292. The van der Waals surface area contributed by atoms with E-state index in [9.17, 15) is 4.79 Å². The number of benzene rings is 3. The highest BCUT2D eigenvalue weighted by Gasteiger charge is 2.26. The van der Waals surface area contributed by atoms with Gasteiger partial charge in [0.25, 0.3) is 5.91 Å². The van der Waals surface area contributed by atoms with Gasteiger partial charge >= 0.3 is 0 Å². The lowest BCUT2D eigenvalue weighted by Crippen LogP contribution is -3.13. The first-order valence-electron chi connectivity index (χ1n) is 10.0. The van der Waals surface area contributed by atoms with Crippen LogP contribution in [0.2, 0.25) is 0 Å². The smallest absolute Gasteiger partial charge is 0.254 e. The van der Waals surface area contributed by atoms with Gasteiger partial charge in [0.15, 0.2) is 0 Å². The third-order valence-corrected chi connectivity index (χ3v) is 5.72. The van der Waals surface area contributed by atoms with Crippen molar-refractivity contribution in [2.24, 2.45) is 0 Å². The number of amides is 1. The van der Waals surface area contributed by atoms with E-state index in [-0.39, 0.29) is 5.91 Å². The lowest BCUT2D eigenvalue weighted by atomic mass is 10.0. The van der Waals surface area contributed by atoms with Crippen molar-refractivity contribution >= 4 is 16.7 Å². The summed E-state index contributed by atoms with van der Waals surface area (Å²) in [6.07, 6.45) is 0. The standard InChI is InChI=1S/C24H26N2O3/c1-28-20-8-5-7-19(16-20)24(27)26-14-12-25(13-15-26)17-22-21-9-4-3-6-18(21)10-11-23(22)29-2/h3-11,16H,12-15,17H2,1-2H3/p+1. The fourth-order valence-corrected chi connectivity index (χ4v) is 4.08. The van der Waals surface area contributed by atoms with Crippen LogP contribution < -0.4 is 14.4 Å². The van der Waals surface area contributed by atoms with Crippen molar-refractivity contribution in [3.63, 3.8) is 0 Å². The molecule has 0 saturated carbocycles. The van der Waals surface area contributed by atoms with Gasteiger partial charge in [0.2, 0.25) is 0 Å². The van der Waals surface area contributed by atoms with E-state index >= 15 is 0 Å². The average Bonchev–Trinajstić information content (AvgIpc) is 2.79. The number of methoxy groups -OCH3 is 2. The monoisotopic (exact) mass is 391 g/mol. The van der Waals surface area contributed by atoms with Gasteiger partial charge in [-0.25, -0.2) is 0 Å². The Morgan fingerprint density at radius 3 is 2.52 bits per heavy atom. The Bertz CT molecular complexity index is 1010. The second-order valence-electron chi connectivity index (χ2n) is 7.42. The van der Waals surface area contributed by atoms with Gasteiger partial charge in [-0.2, -0.15) is 0 Å². The van der Waals surface area contributed by atoms with Gasteiger partial charge in [-0.05, 0) is 35.0 Å². The molecule has 1 aliphatic rings. The number of hydrogen-bond acceptors (Lipinski definition) is 3. The minimum atomic E-state index is 0.0747. The van der Waals surface area contributed by atoms with Crippen LogP contribution in [-0.4, -0.2) is 51.2 Å². The molecule has 0 atom stereocenters. The number of nitrogens with zero attached hydrogens (tertiary/aromatic N) is 1. The summed E-state index contributed by atoms with van der Waals surface area (Å²) in [5, 5.41) is 2.48. The number of carbonyl (C=O) groups excluding carboxylic acids is 1. The zero-order valence-electron chi connectivity index (χ0n) is 17.0. The number of quaternary nitrogens is 1. The molecule has 4 rings (SSSR count). The maximum atomic E-state index is 12.8. The molecule has 3 aromatic rings. The molecule has 0 unspecified atom stereocenters. The van der Waals surface area contributed by atoms with E-state index in [4.69, 9.17) is 9.47 Å². The molecule has 1 aliphatic heterocycles. The molecule has 5 nitrogen and oxygen atoms in total. The molecule has 1 N–H and O–H groups in total. The summed E-state index contributed by atoms with van der Waals surface area (Å²) in [5.41, 5.74) is 1.93. The summed E-state index contributed by atoms with van der Waals surface area (Å²) in [4.78, 5) is 16.3. The molecular weight excluding hydrogens is 364 g/mol. The molecule has 1 heterocycles. The zero-order valence-corrected chi connectivity index (χ0v) is 17.0. The van der Waals surface area contributed by atoms with Gasteiger partial charge < -0.3 is 19.3 Å². The van der Waals surface area contributed by atoms with Crippen molar-refractivity contribution in [2.45, 2.75) is 6.54 Å². The van der Waals surface area contributed by atoms with Gasteiger partial charge in [0.1, 0.15) is 18.0 Å². The number of nitrogens with one attached hydrogen (secondary N) is 1. The third kappa shape index (κ3) is 4.05. The normalized spacial score (nSPS) is 14.8. The molecule has 1 amide bonds. The summed E-state index contributed by atoms with van der Waals surface area (Å²) in [7, 11) is 3.35. The van der Waals surface area contributed by atoms with Crippen molar-refractivity contribution in [1.82, 2.24) is 4.90 Å². The molecule has 0 bridgehead atoms. The van der Waals surface area contributed by atoms with Crippen LogP contribution in [0.1, 0.15) is 15.9 Å². The van der Waals surface area contributed by atoms with Gasteiger partial charge in [0.05, 0.1) is 46.0 Å². The highest BCUT2D eigenvalue weighted by Crippen LogP contribution is 2.27. The van der Waals surface area contributed by atoms with Crippen molar-refractivity contribution < 1.29 is 19.2 Å². The summed E-state index contributed by atoms with van der Waals surface area (Å²) in [6, 6.07) is 20.0. The molecule has 150 valence electrons. The Balaban J connectivity index is 1.45. The van der Waals surface area contributed by atoms with Crippen molar-refractivity contribution in [3.05, 3.63) is 71.8 Å².